The number of nitrogens with zero attached hydrogens (tertiary/aromatic N) is 1. The molecule has 1 N–H and O–H groups in total. The van der Waals surface area contributed by atoms with Gasteiger partial charge in [0.2, 0.25) is 10.0 Å². The number of unbranched alkanes of at least 4 members (excludes halogenated alkanes) is 6. The zero-order valence-corrected chi connectivity index (χ0v) is 14.6. The first-order chi connectivity index (χ1) is 10.1. The maximum absolute atomic E-state index is 12.2. The van der Waals surface area contributed by atoms with Crippen molar-refractivity contribution >= 4 is 10.0 Å². The SMILES string of the molecule is CCCCCCCCCC(CCC)S(=O)(=O)NCCC#N. The summed E-state index contributed by atoms with van der Waals surface area (Å²) in [5.74, 6) is 0. The van der Waals surface area contributed by atoms with Gasteiger partial charge < -0.3 is 0 Å². The Hall–Kier alpha value is -0.600. The maximum Gasteiger partial charge on any atom is 0.214 e. The van der Waals surface area contributed by atoms with Crippen molar-refractivity contribution in [1.29, 1.82) is 5.26 Å². The number of nitriles is 1. The van der Waals surface area contributed by atoms with Gasteiger partial charge in [-0.15, -0.1) is 0 Å². The van der Waals surface area contributed by atoms with E-state index in [1.54, 1.807) is 0 Å². The summed E-state index contributed by atoms with van der Waals surface area (Å²) < 4.78 is 26.9. The molecule has 0 aromatic carbocycles. The van der Waals surface area contributed by atoms with Gasteiger partial charge in [-0.2, -0.15) is 5.26 Å². The molecule has 1 unspecified atom stereocenters. The first-order valence-corrected chi connectivity index (χ1v) is 9.98. The molecule has 0 heterocycles. The highest BCUT2D eigenvalue weighted by molar-refractivity contribution is 7.90. The lowest BCUT2D eigenvalue weighted by Crippen LogP contribution is -2.34. The quantitative estimate of drug-likeness (QED) is 0.490. The molecular weight excluding hydrogens is 284 g/mol. The minimum absolute atomic E-state index is 0.232. The molecule has 0 bridgehead atoms. The van der Waals surface area contributed by atoms with Crippen molar-refractivity contribution in [2.45, 2.75) is 89.7 Å². The normalized spacial score (nSPS) is 13.0. The van der Waals surface area contributed by atoms with Crippen LogP contribution in [-0.4, -0.2) is 20.2 Å². The van der Waals surface area contributed by atoms with Gasteiger partial charge in [0, 0.05) is 13.0 Å². The molecule has 0 rings (SSSR count). The molecule has 0 radical (unpaired) electrons. The van der Waals surface area contributed by atoms with Crippen molar-refractivity contribution in [1.82, 2.24) is 4.72 Å². The number of rotatable bonds is 14. The second kappa shape index (κ2) is 13.1. The summed E-state index contributed by atoms with van der Waals surface area (Å²) in [4.78, 5) is 0. The fourth-order valence-electron chi connectivity index (χ4n) is 2.47. The third-order valence-electron chi connectivity index (χ3n) is 3.72. The second-order valence-corrected chi connectivity index (χ2v) is 7.71. The first-order valence-electron chi connectivity index (χ1n) is 8.43. The average molecular weight is 317 g/mol. The standard InChI is InChI=1S/C16H32N2O2S/c1-3-5-6-7-8-9-10-13-16(12-4-2)21(19,20)18-15-11-14-17/h16,18H,3-13,15H2,1-2H3. The van der Waals surface area contributed by atoms with Gasteiger partial charge in [-0.25, -0.2) is 13.1 Å². The van der Waals surface area contributed by atoms with Crippen LogP contribution in [0.3, 0.4) is 0 Å². The van der Waals surface area contributed by atoms with Gasteiger partial charge in [0.1, 0.15) is 0 Å². The van der Waals surface area contributed by atoms with Crippen LogP contribution in [-0.2, 0) is 10.0 Å². The molecule has 0 fully saturated rings. The predicted octanol–water partition coefficient (Wildman–Crippen LogP) is 4.13. The molecule has 4 nitrogen and oxygen atoms in total. The predicted molar refractivity (Wildman–Crippen MR) is 88.5 cm³/mol. The van der Waals surface area contributed by atoms with Crippen LogP contribution in [0, 0.1) is 11.3 Å². The Morgan fingerprint density at radius 3 is 2.14 bits per heavy atom. The zero-order valence-electron chi connectivity index (χ0n) is 13.7. The van der Waals surface area contributed by atoms with Crippen molar-refractivity contribution in [3.63, 3.8) is 0 Å². The van der Waals surface area contributed by atoms with Crippen LogP contribution in [0.5, 0.6) is 0 Å². The maximum atomic E-state index is 12.2. The van der Waals surface area contributed by atoms with E-state index in [2.05, 4.69) is 11.6 Å². The van der Waals surface area contributed by atoms with Crippen molar-refractivity contribution in [3.05, 3.63) is 0 Å². The Morgan fingerprint density at radius 2 is 1.57 bits per heavy atom. The Balaban J connectivity index is 4.03. The van der Waals surface area contributed by atoms with Crippen LogP contribution in [0.15, 0.2) is 0 Å². The van der Waals surface area contributed by atoms with Gasteiger partial charge in [0.25, 0.3) is 0 Å². The number of hydrogen-bond donors (Lipinski definition) is 1. The van der Waals surface area contributed by atoms with Crippen LogP contribution in [0.25, 0.3) is 0 Å². The van der Waals surface area contributed by atoms with Gasteiger partial charge >= 0.3 is 0 Å². The van der Waals surface area contributed by atoms with E-state index < -0.39 is 10.0 Å². The Labute approximate surface area is 131 Å². The van der Waals surface area contributed by atoms with Gasteiger partial charge in [-0.1, -0.05) is 65.2 Å². The minimum Gasteiger partial charge on any atom is -0.214 e. The highest BCUT2D eigenvalue weighted by Crippen LogP contribution is 2.17. The first kappa shape index (κ1) is 20.4. The molecule has 21 heavy (non-hydrogen) atoms. The molecule has 0 aliphatic heterocycles. The Kier molecular flexibility index (Phi) is 12.7. The molecule has 0 aromatic rings. The van der Waals surface area contributed by atoms with Crippen molar-refractivity contribution in [3.8, 4) is 6.07 Å². The van der Waals surface area contributed by atoms with E-state index in [1.165, 1.54) is 32.1 Å². The molecule has 0 amide bonds. The van der Waals surface area contributed by atoms with E-state index in [0.29, 0.717) is 6.42 Å². The van der Waals surface area contributed by atoms with Gasteiger partial charge in [0.05, 0.1) is 11.3 Å². The number of nitrogens with one attached hydrogen (secondary N) is 1. The largest absolute Gasteiger partial charge is 0.214 e. The van der Waals surface area contributed by atoms with Crippen LogP contribution >= 0.6 is 0 Å². The second-order valence-electron chi connectivity index (χ2n) is 5.67. The minimum atomic E-state index is -3.26. The lowest BCUT2D eigenvalue weighted by Gasteiger charge is -2.17. The smallest absolute Gasteiger partial charge is 0.214 e. The highest BCUT2D eigenvalue weighted by atomic mass is 32.2. The molecule has 1 atom stereocenters. The molecule has 5 heteroatoms. The van der Waals surface area contributed by atoms with Gasteiger partial charge in [0.15, 0.2) is 0 Å². The lowest BCUT2D eigenvalue weighted by molar-refractivity contribution is 0.520. The zero-order chi connectivity index (χ0) is 16.0. The van der Waals surface area contributed by atoms with Crippen molar-refractivity contribution < 1.29 is 8.42 Å². The summed E-state index contributed by atoms with van der Waals surface area (Å²) in [7, 11) is -3.26. The molecule has 0 aliphatic rings. The molecule has 0 aliphatic carbocycles. The summed E-state index contributed by atoms with van der Waals surface area (Å²) in [6, 6.07) is 1.96. The summed E-state index contributed by atoms with van der Waals surface area (Å²) in [5.41, 5.74) is 0. The van der Waals surface area contributed by atoms with Gasteiger partial charge in [-0.05, 0) is 12.8 Å². The number of hydrogen-bond acceptors (Lipinski definition) is 3. The van der Waals surface area contributed by atoms with E-state index in [-0.39, 0.29) is 18.2 Å². The lowest BCUT2D eigenvalue weighted by atomic mass is 10.1. The topological polar surface area (TPSA) is 70.0 Å². The third kappa shape index (κ3) is 10.7. The summed E-state index contributed by atoms with van der Waals surface area (Å²) in [6.07, 6.45) is 11.0. The molecule has 0 spiro atoms. The van der Waals surface area contributed by atoms with Crippen LogP contribution < -0.4 is 4.72 Å². The monoisotopic (exact) mass is 316 g/mol. The Morgan fingerprint density at radius 1 is 0.952 bits per heavy atom. The fourth-order valence-corrected chi connectivity index (χ4v) is 4.12. The summed E-state index contributed by atoms with van der Waals surface area (Å²) in [6.45, 7) is 4.46. The fraction of sp³-hybridized carbons (Fsp3) is 0.938. The van der Waals surface area contributed by atoms with Crippen LogP contribution in [0.1, 0.15) is 84.5 Å². The molecule has 0 saturated carbocycles. The highest BCUT2D eigenvalue weighted by Gasteiger charge is 2.23. The molecule has 0 saturated heterocycles. The van der Waals surface area contributed by atoms with E-state index in [1.807, 2.05) is 13.0 Å². The van der Waals surface area contributed by atoms with E-state index in [9.17, 15) is 8.42 Å². The summed E-state index contributed by atoms with van der Waals surface area (Å²) in [5, 5.41) is 8.19. The van der Waals surface area contributed by atoms with Gasteiger partial charge in [-0.3, -0.25) is 0 Å². The van der Waals surface area contributed by atoms with Crippen molar-refractivity contribution in [2.24, 2.45) is 0 Å². The van der Waals surface area contributed by atoms with Crippen LogP contribution in [0.4, 0.5) is 0 Å². The molecule has 124 valence electrons. The van der Waals surface area contributed by atoms with Crippen LogP contribution in [0.2, 0.25) is 0 Å². The third-order valence-corrected chi connectivity index (χ3v) is 5.67. The Bertz CT molecular complexity index is 374. The molecular formula is C16H32N2O2S. The molecule has 0 aromatic heterocycles. The van der Waals surface area contributed by atoms with E-state index >= 15 is 0 Å². The van der Waals surface area contributed by atoms with Crippen molar-refractivity contribution in [2.75, 3.05) is 6.54 Å². The van der Waals surface area contributed by atoms with E-state index in [4.69, 9.17) is 5.26 Å². The van der Waals surface area contributed by atoms with E-state index in [0.717, 1.165) is 25.7 Å². The summed E-state index contributed by atoms with van der Waals surface area (Å²) >= 11 is 0. The average Bonchev–Trinajstić information content (AvgIpc) is 2.45. The number of sulfonamides is 1.